The van der Waals surface area contributed by atoms with Gasteiger partial charge in [0.25, 0.3) is 5.56 Å². The van der Waals surface area contributed by atoms with E-state index in [-0.39, 0.29) is 18.0 Å². The van der Waals surface area contributed by atoms with Crippen LogP contribution in [0.5, 0.6) is 0 Å². The van der Waals surface area contributed by atoms with E-state index in [0.717, 1.165) is 47.8 Å². The zero-order chi connectivity index (χ0) is 19.1. The number of rotatable bonds is 3. The Hall–Kier alpha value is -2.99. The van der Waals surface area contributed by atoms with Crippen LogP contribution in [0.15, 0.2) is 59.0 Å². The van der Waals surface area contributed by atoms with Crippen LogP contribution < -0.4 is 5.56 Å². The molecule has 6 heteroatoms. The van der Waals surface area contributed by atoms with Crippen molar-refractivity contribution >= 4 is 38.2 Å². The Balaban J connectivity index is 1.58. The molecular formula is C22H19N3O2S. The van der Waals surface area contributed by atoms with Crippen LogP contribution in [0.2, 0.25) is 0 Å². The van der Waals surface area contributed by atoms with Crippen molar-refractivity contribution in [3.05, 3.63) is 64.5 Å². The number of carbonyl (C=O) groups excluding carboxylic acids is 1. The highest BCUT2D eigenvalue weighted by molar-refractivity contribution is 7.17. The van der Waals surface area contributed by atoms with Crippen molar-refractivity contribution in [2.45, 2.75) is 19.4 Å². The Morgan fingerprint density at radius 3 is 2.68 bits per heavy atom. The molecule has 5 nitrogen and oxygen atoms in total. The molecule has 0 unspecified atom stereocenters. The number of hydrogen-bond donors (Lipinski definition) is 0. The maximum Gasteiger partial charge on any atom is 0.263 e. The van der Waals surface area contributed by atoms with Crippen molar-refractivity contribution in [3.63, 3.8) is 0 Å². The van der Waals surface area contributed by atoms with Crippen LogP contribution >= 0.6 is 11.3 Å². The molecule has 0 spiro atoms. The van der Waals surface area contributed by atoms with E-state index in [1.54, 1.807) is 0 Å². The lowest BCUT2D eigenvalue weighted by Crippen LogP contribution is -2.34. The van der Waals surface area contributed by atoms with Gasteiger partial charge in [0.1, 0.15) is 11.4 Å². The first kappa shape index (κ1) is 17.1. The third kappa shape index (κ3) is 2.90. The molecule has 140 valence electrons. The Labute approximate surface area is 165 Å². The summed E-state index contributed by atoms with van der Waals surface area (Å²) in [7, 11) is 0. The first-order valence-corrected chi connectivity index (χ1v) is 10.3. The quantitative estimate of drug-likeness (QED) is 0.534. The van der Waals surface area contributed by atoms with Crippen molar-refractivity contribution in [2.75, 3.05) is 13.1 Å². The van der Waals surface area contributed by atoms with Gasteiger partial charge in [-0.15, -0.1) is 11.3 Å². The lowest BCUT2D eigenvalue weighted by Gasteiger charge is -2.15. The molecule has 0 radical (unpaired) electrons. The van der Waals surface area contributed by atoms with Gasteiger partial charge in [0, 0.05) is 24.0 Å². The summed E-state index contributed by atoms with van der Waals surface area (Å²) in [6.07, 6.45) is 3.57. The van der Waals surface area contributed by atoms with E-state index < -0.39 is 0 Å². The van der Waals surface area contributed by atoms with Gasteiger partial charge in [0.2, 0.25) is 5.91 Å². The number of hydrogen-bond acceptors (Lipinski definition) is 4. The van der Waals surface area contributed by atoms with Gasteiger partial charge in [0.15, 0.2) is 0 Å². The smallest absolute Gasteiger partial charge is 0.263 e. The number of thiophene rings is 1. The molecule has 0 saturated carbocycles. The van der Waals surface area contributed by atoms with E-state index in [4.69, 9.17) is 0 Å². The Kier molecular flexibility index (Phi) is 4.20. The molecule has 1 aliphatic heterocycles. The van der Waals surface area contributed by atoms with Crippen molar-refractivity contribution in [1.82, 2.24) is 14.5 Å². The van der Waals surface area contributed by atoms with Crippen LogP contribution in [0, 0.1) is 0 Å². The Morgan fingerprint density at radius 1 is 1.07 bits per heavy atom. The van der Waals surface area contributed by atoms with Crippen LogP contribution in [-0.2, 0) is 11.3 Å². The van der Waals surface area contributed by atoms with Crippen LogP contribution in [0.1, 0.15) is 12.8 Å². The van der Waals surface area contributed by atoms with Gasteiger partial charge >= 0.3 is 0 Å². The molecular weight excluding hydrogens is 370 g/mol. The second-order valence-electron chi connectivity index (χ2n) is 7.16. The first-order valence-electron chi connectivity index (χ1n) is 9.44. The average molecular weight is 389 g/mol. The number of likely N-dealkylation sites (tertiary alicyclic amines) is 1. The molecule has 0 bridgehead atoms. The van der Waals surface area contributed by atoms with Gasteiger partial charge in [-0.2, -0.15) is 0 Å². The maximum absolute atomic E-state index is 13.2. The Morgan fingerprint density at radius 2 is 1.86 bits per heavy atom. The second kappa shape index (κ2) is 6.87. The fourth-order valence-electron chi connectivity index (χ4n) is 3.86. The van der Waals surface area contributed by atoms with Gasteiger partial charge in [-0.05, 0) is 35.2 Å². The highest BCUT2D eigenvalue weighted by Gasteiger charge is 2.20. The zero-order valence-corrected chi connectivity index (χ0v) is 16.1. The van der Waals surface area contributed by atoms with Gasteiger partial charge in [-0.25, -0.2) is 4.98 Å². The summed E-state index contributed by atoms with van der Waals surface area (Å²) in [6, 6.07) is 14.4. The molecule has 5 rings (SSSR count). The lowest BCUT2D eigenvalue weighted by molar-refractivity contribution is -0.130. The number of carbonyl (C=O) groups is 1. The molecule has 1 saturated heterocycles. The highest BCUT2D eigenvalue weighted by atomic mass is 32.1. The maximum atomic E-state index is 13.2. The van der Waals surface area contributed by atoms with Crippen molar-refractivity contribution in [1.29, 1.82) is 0 Å². The standard InChI is InChI=1S/C22H19N3O2S/c26-19(24-9-3-4-10-24)12-25-14-23-21-20(22(25)27)18(13-28-21)17-8-7-15-5-1-2-6-16(15)11-17/h1-2,5-8,11,13-14H,3-4,9-10,12H2. The number of benzene rings is 2. The molecule has 28 heavy (non-hydrogen) atoms. The monoisotopic (exact) mass is 389 g/mol. The first-order chi connectivity index (χ1) is 13.7. The summed E-state index contributed by atoms with van der Waals surface area (Å²) < 4.78 is 1.44. The van der Waals surface area contributed by atoms with Crippen molar-refractivity contribution < 1.29 is 4.79 Å². The summed E-state index contributed by atoms with van der Waals surface area (Å²) >= 11 is 1.46. The van der Waals surface area contributed by atoms with E-state index in [2.05, 4.69) is 29.2 Å². The van der Waals surface area contributed by atoms with Crippen LogP contribution in [0.25, 0.3) is 32.1 Å². The highest BCUT2D eigenvalue weighted by Crippen LogP contribution is 2.32. The molecule has 0 atom stereocenters. The van der Waals surface area contributed by atoms with Crippen molar-refractivity contribution in [3.8, 4) is 11.1 Å². The number of nitrogens with zero attached hydrogens (tertiary/aromatic N) is 3. The van der Waals surface area contributed by atoms with E-state index in [1.807, 2.05) is 28.5 Å². The van der Waals surface area contributed by atoms with Crippen LogP contribution in [-0.4, -0.2) is 33.4 Å². The topological polar surface area (TPSA) is 55.2 Å². The van der Waals surface area contributed by atoms with Gasteiger partial charge in [-0.3, -0.25) is 14.2 Å². The third-order valence-corrected chi connectivity index (χ3v) is 6.27. The fourth-order valence-corrected chi connectivity index (χ4v) is 4.77. The number of aromatic nitrogens is 2. The third-order valence-electron chi connectivity index (χ3n) is 5.39. The minimum absolute atomic E-state index is 0.0109. The summed E-state index contributed by atoms with van der Waals surface area (Å²) in [5, 5.41) is 4.87. The van der Waals surface area contributed by atoms with Gasteiger partial charge in [-0.1, -0.05) is 36.4 Å². The summed E-state index contributed by atoms with van der Waals surface area (Å²) in [4.78, 5) is 32.6. The molecule has 4 aromatic rings. The number of fused-ring (bicyclic) bond motifs is 2. The predicted molar refractivity (Wildman–Crippen MR) is 113 cm³/mol. The van der Waals surface area contributed by atoms with E-state index in [0.29, 0.717) is 10.2 Å². The average Bonchev–Trinajstić information content (AvgIpc) is 3.40. The normalized spacial score (nSPS) is 14.2. The largest absolute Gasteiger partial charge is 0.341 e. The molecule has 0 N–H and O–H groups in total. The van der Waals surface area contributed by atoms with E-state index >= 15 is 0 Å². The lowest BCUT2D eigenvalue weighted by atomic mass is 10.0. The molecule has 0 aliphatic carbocycles. The van der Waals surface area contributed by atoms with Gasteiger partial charge < -0.3 is 4.90 Å². The van der Waals surface area contributed by atoms with Gasteiger partial charge in [0.05, 0.1) is 11.7 Å². The molecule has 2 aromatic carbocycles. The summed E-state index contributed by atoms with van der Waals surface area (Å²) in [5.41, 5.74) is 1.72. The molecule has 1 aliphatic rings. The molecule has 3 heterocycles. The fraction of sp³-hybridized carbons (Fsp3) is 0.227. The Bertz CT molecular complexity index is 1250. The number of amides is 1. The molecule has 1 amide bonds. The zero-order valence-electron chi connectivity index (χ0n) is 15.3. The van der Waals surface area contributed by atoms with Crippen LogP contribution in [0.3, 0.4) is 0 Å². The molecule has 1 fully saturated rings. The van der Waals surface area contributed by atoms with Crippen LogP contribution in [0.4, 0.5) is 0 Å². The summed E-state index contributed by atoms with van der Waals surface area (Å²) in [6.45, 7) is 1.61. The summed E-state index contributed by atoms with van der Waals surface area (Å²) in [5.74, 6) is -0.0109. The molecule has 2 aromatic heterocycles. The minimum Gasteiger partial charge on any atom is -0.341 e. The minimum atomic E-state index is -0.151. The SMILES string of the molecule is O=C(Cn1cnc2scc(-c3ccc4ccccc4c3)c2c1=O)N1CCCC1. The van der Waals surface area contributed by atoms with Crippen molar-refractivity contribution in [2.24, 2.45) is 0 Å². The second-order valence-corrected chi connectivity index (χ2v) is 8.02. The predicted octanol–water partition coefficient (Wildman–Crippen LogP) is 3.90. The van der Waals surface area contributed by atoms with E-state index in [1.165, 1.54) is 22.2 Å². The van der Waals surface area contributed by atoms with E-state index in [9.17, 15) is 9.59 Å².